The Kier molecular flexibility index (Phi) is 4.58. The lowest BCUT2D eigenvalue weighted by Crippen LogP contribution is -2.22. The Morgan fingerprint density at radius 2 is 1.76 bits per heavy atom. The monoisotopic (exact) mass is 315 g/mol. The van der Waals surface area contributed by atoms with Crippen LogP contribution in [0.1, 0.15) is 0 Å². The summed E-state index contributed by atoms with van der Waals surface area (Å²) in [5, 5.41) is 9.63. The number of nitrogens with zero attached hydrogens (tertiary/aromatic N) is 1. The third-order valence-corrected chi connectivity index (χ3v) is 5.82. The Hall–Kier alpha value is -1.36. The number of hydrogen-bond donors (Lipinski definition) is 1. The van der Waals surface area contributed by atoms with Crippen LogP contribution in [-0.2, 0) is 0 Å². The molecule has 2 aromatic carbocycles. The molecule has 0 radical (unpaired) electrons. The quantitative estimate of drug-likeness (QED) is 0.646. The van der Waals surface area contributed by atoms with Crippen LogP contribution in [-0.4, -0.2) is 27.1 Å². The Bertz CT molecular complexity index is 612. The normalized spacial score (nSPS) is 18.8. The van der Waals surface area contributed by atoms with Crippen molar-refractivity contribution in [2.75, 3.05) is 12.3 Å². The number of hydrogen-bond acceptors (Lipinski definition) is 4. The topological polar surface area (TPSA) is 23.5 Å². The fraction of sp³-hybridized carbons (Fsp3) is 0.176. The molecule has 0 aliphatic carbocycles. The average molecular weight is 315 g/mol. The van der Waals surface area contributed by atoms with Gasteiger partial charge in [0.2, 0.25) is 0 Å². The molecule has 0 saturated carbocycles. The van der Waals surface area contributed by atoms with Crippen LogP contribution in [0.25, 0.3) is 11.1 Å². The van der Waals surface area contributed by atoms with Gasteiger partial charge in [0.15, 0.2) is 0 Å². The zero-order valence-corrected chi connectivity index (χ0v) is 13.2. The van der Waals surface area contributed by atoms with E-state index in [2.05, 4.69) is 59.4 Å². The molecule has 1 aliphatic heterocycles. The molecule has 1 atom stereocenters. The Morgan fingerprint density at radius 1 is 1.10 bits per heavy atom. The number of aliphatic hydroxyl groups excluding tert-OH is 1. The Morgan fingerprint density at radius 3 is 2.43 bits per heavy atom. The van der Waals surface area contributed by atoms with Crippen molar-refractivity contribution < 1.29 is 5.11 Å². The van der Waals surface area contributed by atoms with E-state index in [9.17, 15) is 5.11 Å². The molecule has 0 aromatic heterocycles. The number of benzene rings is 2. The van der Waals surface area contributed by atoms with E-state index in [4.69, 9.17) is 0 Å². The summed E-state index contributed by atoms with van der Waals surface area (Å²) < 4.78 is 2.19. The van der Waals surface area contributed by atoms with Crippen molar-refractivity contribution in [3.05, 3.63) is 66.9 Å². The van der Waals surface area contributed by atoms with Crippen molar-refractivity contribution in [3.8, 4) is 11.1 Å². The van der Waals surface area contributed by atoms with Gasteiger partial charge in [-0.05, 0) is 35.2 Å². The van der Waals surface area contributed by atoms with Gasteiger partial charge in [-0.1, -0.05) is 49.0 Å². The van der Waals surface area contributed by atoms with Gasteiger partial charge in [-0.2, -0.15) is 0 Å². The van der Waals surface area contributed by atoms with E-state index in [1.165, 1.54) is 16.0 Å². The fourth-order valence-corrected chi connectivity index (χ4v) is 4.63. The van der Waals surface area contributed by atoms with Crippen LogP contribution in [0.5, 0.6) is 0 Å². The fourth-order valence-electron chi connectivity index (χ4n) is 2.28. The van der Waals surface area contributed by atoms with E-state index < -0.39 is 0 Å². The van der Waals surface area contributed by atoms with Crippen molar-refractivity contribution in [1.29, 1.82) is 0 Å². The molecular formula is C17H17NOS2. The first-order valence-electron chi connectivity index (χ1n) is 6.83. The van der Waals surface area contributed by atoms with Crippen molar-refractivity contribution in [2.24, 2.45) is 0 Å². The van der Waals surface area contributed by atoms with Gasteiger partial charge in [-0.25, -0.2) is 4.31 Å². The molecule has 1 N–H and O–H groups in total. The van der Waals surface area contributed by atoms with Crippen LogP contribution >= 0.6 is 23.7 Å². The molecule has 1 unspecified atom stereocenters. The largest absolute Gasteiger partial charge is 0.510 e. The summed E-state index contributed by atoms with van der Waals surface area (Å²) >= 11 is 3.42. The molecule has 21 heavy (non-hydrogen) atoms. The van der Waals surface area contributed by atoms with Crippen LogP contribution in [0, 0.1) is 0 Å². The second-order valence-corrected chi connectivity index (χ2v) is 7.15. The van der Waals surface area contributed by atoms with Crippen LogP contribution in [0.15, 0.2) is 71.8 Å². The molecule has 108 valence electrons. The first kappa shape index (κ1) is 14.6. The van der Waals surface area contributed by atoms with E-state index in [0.29, 0.717) is 0 Å². The summed E-state index contributed by atoms with van der Waals surface area (Å²) in [7, 11) is 0. The molecule has 0 bridgehead atoms. The van der Waals surface area contributed by atoms with E-state index in [-0.39, 0.29) is 11.1 Å². The molecule has 0 spiro atoms. The van der Waals surface area contributed by atoms with Gasteiger partial charge in [0.1, 0.15) is 11.1 Å². The molecule has 2 aromatic rings. The lowest BCUT2D eigenvalue weighted by Gasteiger charge is -2.21. The van der Waals surface area contributed by atoms with Crippen molar-refractivity contribution in [2.45, 2.75) is 10.3 Å². The van der Waals surface area contributed by atoms with Gasteiger partial charge >= 0.3 is 0 Å². The van der Waals surface area contributed by atoms with Gasteiger partial charge < -0.3 is 5.11 Å². The molecule has 1 aliphatic rings. The minimum absolute atomic E-state index is 0.00352. The maximum Gasteiger partial charge on any atom is 0.123 e. The molecule has 1 heterocycles. The Labute approximate surface area is 134 Å². The van der Waals surface area contributed by atoms with Crippen LogP contribution in [0.4, 0.5) is 0 Å². The van der Waals surface area contributed by atoms with Gasteiger partial charge in [-0.15, -0.1) is 11.8 Å². The summed E-state index contributed by atoms with van der Waals surface area (Å²) in [6.45, 7) is 4.62. The van der Waals surface area contributed by atoms with Crippen LogP contribution in [0.3, 0.4) is 0 Å². The first-order valence-corrected chi connectivity index (χ1v) is 8.66. The molecule has 1 saturated heterocycles. The van der Waals surface area contributed by atoms with E-state index in [1.807, 2.05) is 6.07 Å². The van der Waals surface area contributed by atoms with Gasteiger partial charge in [0.05, 0.1) is 0 Å². The van der Waals surface area contributed by atoms with Gasteiger partial charge in [0.25, 0.3) is 0 Å². The highest BCUT2D eigenvalue weighted by atomic mass is 32.2. The lowest BCUT2D eigenvalue weighted by atomic mass is 10.1. The Balaban J connectivity index is 1.72. The maximum atomic E-state index is 9.62. The van der Waals surface area contributed by atoms with Gasteiger partial charge in [0, 0.05) is 17.2 Å². The first-order chi connectivity index (χ1) is 10.2. The highest BCUT2D eigenvalue weighted by Gasteiger charge is 2.28. The maximum absolute atomic E-state index is 9.62. The SMILES string of the molecule is C=C(O)C1SCCN1Sc1ccc(-c2ccccc2)cc1. The second kappa shape index (κ2) is 6.60. The smallest absolute Gasteiger partial charge is 0.123 e. The third-order valence-electron chi connectivity index (χ3n) is 3.32. The summed E-state index contributed by atoms with van der Waals surface area (Å²) in [6.07, 6.45) is 0. The highest BCUT2D eigenvalue weighted by Crippen LogP contribution is 2.37. The van der Waals surface area contributed by atoms with Crippen molar-refractivity contribution in [1.82, 2.24) is 4.31 Å². The number of aliphatic hydroxyl groups is 1. The molecular weight excluding hydrogens is 298 g/mol. The second-order valence-electron chi connectivity index (χ2n) is 4.84. The van der Waals surface area contributed by atoms with E-state index >= 15 is 0 Å². The summed E-state index contributed by atoms with van der Waals surface area (Å²) in [5.74, 6) is 1.27. The summed E-state index contributed by atoms with van der Waals surface area (Å²) in [4.78, 5) is 1.18. The average Bonchev–Trinajstić information content (AvgIpc) is 2.97. The summed E-state index contributed by atoms with van der Waals surface area (Å²) in [6, 6.07) is 18.9. The molecule has 2 nitrogen and oxygen atoms in total. The predicted octanol–water partition coefficient (Wildman–Crippen LogP) is 4.81. The molecule has 3 rings (SSSR count). The third kappa shape index (κ3) is 3.46. The minimum Gasteiger partial charge on any atom is -0.510 e. The minimum atomic E-state index is 0.00352. The van der Waals surface area contributed by atoms with Gasteiger partial charge in [-0.3, -0.25) is 0 Å². The highest BCUT2D eigenvalue weighted by molar-refractivity contribution is 8.02. The molecule has 1 fully saturated rings. The van der Waals surface area contributed by atoms with Crippen molar-refractivity contribution in [3.63, 3.8) is 0 Å². The number of thioether (sulfide) groups is 1. The lowest BCUT2D eigenvalue weighted by molar-refractivity contribution is 0.349. The molecule has 4 heteroatoms. The summed E-state index contributed by atoms with van der Waals surface area (Å²) in [5.41, 5.74) is 2.45. The van der Waals surface area contributed by atoms with Crippen LogP contribution in [0.2, 0.25) is 0 Å². The standard InChI is InChI=1S/C17H17NOS2/c1-13(19)17-18(11-12-20-17)21-16-9-7-15(8-10-16)14-5-3-2-4-6-14/h2-10,17,19H,1,11-12H2. The zero-order valence-electron chi connectivity index (χ0n) is 11.6. The number of rotatable bonds is 4. The molecule has 0 amide bonds. The van der Waals surface area contributed by atoms with Crippen LogP contribution < -0.4 is 0 Å². The predicted molar refractivity (Wildman–Crippen MR) is 92.5 cm³/mol. The van der Waals surface area contributed by atoms with E-state index in [0.717, 1.165) is 12.3 Å². The van der Waals surface area contributed by atoms with Crippen molar-refractivity contribution >= 4 is 23.7 Å². The zero-order chi connectivity index (χ0) is 14.7. The van der Waals surface area contributed by atoms with E-state index in [1.54, 1.807) is 23.7 Å².